The molecule has 9 nitrogen and oxygen atoms in total. The average molecular weight is 427 g/mol. The van der Waals surface area contributed by atoms with Crippen LogP contribution in [0.2, 0.25) is 0 Å². The van der Waals surface area contributed by atoms with Crippen LogP contribution in [0.3, 0.4) is 0 Å². The highest BCUT2D eigenvalue weighted by atomic mass is 16.6. The average Bonchev–Trinajstić information content (AvgIpc) is 2.69. The summed E-state index contributed by atoms with van der Waals surface area (Å²) in [5.74, 6) is -2.38. The number of hydrogen-bond acceptors (Lipinski definition) is 5. The number of amides is 3. The van der Waals surface area contributed by atoms with Gasteiger partial charge in [-0.3, -0.25) is 19.3 Å². The van der Waals surface area contributed by atoms with Crippen molar-refractivity contribution >= 4 is 29.6 Å². The number of ether oxygens (including phenoxy) is 1. The molecule has 0 saturated heterocycles. The summed E-state index contributed by atoms with van der Waals surface area (Å²) < 4.78 is 5.18. The van der Waals surface area contributed by atoms with E-state index in [2.05, 4.69) is 5.32 Å². The first-order valence-corrected chi connectivity index (χ1v) is 9.45. The van der Waals surface area contributed by atoms with E-state index in [0.717, 1.165) is 4.90 Å². The Kier molecular flexibility index (Phi) is 7.36. The number of hydrogen-bond donors (Lipinski definition) is 3. The minimum Gasteiger partial charge on any atom is -0.480 e. The van der Waals surface area contributed by atoms with Crippen molar-refractivity contribution in [3.63, 3.8) is 0 Å². The monoisotopic (exact) mass is 427 g/mol. The van der Waals surface area contributed by atoms with Gasteiger partial charge in [0.1, 0.15) is 12.1 Å². The molecule has 0 radical (unpaired) electrons. The Bertz CT molecular complexity index is 979. The first-order valence-electron chi connectivity index (χ1n) is 9.45. The molecule has 0 aliphatic heterocycles. The second kappa shape index (κ2) is 9.75. The normalized spacial score (nSPS) is 10.8. The summed E-state index contributed by atoms with van der Waals surface area (Å²) in [4.78, 5) is 48.5. The number of alkyl carbamates (subject to hydrolysis) is 1. The molecule has 0 aliphatic rings. The third kappa shape index (κ3) is 7.14. The first kappa shape index (κ1) is 23.4. The Morgan fingerprint density at radius 2 is 1.68 bits per heavy atom. The van der Waals surface area contributed by atoms with Gasteiger partial charge in [0, 0.05) is 23.4 Å². The van der Waals surface area contributed by atoms with E-state index < -0.39 is 36.0 Å². The summed E-state index contributed by atoms with van der Waals surface area (Å²) in [6.07, 6.45) is -0.591. The molecular formula is C22H25N3O6. The van der Waals surface area contributed by atoms with Crippen molar-refractivity contribution in [2.24, 2.45) is 5.73 Å². The molecule has 0 aromatic heterocycles. The molecule has 0 heterocycles. The molecule has 2 rings (SSSR count). The fourth-order valence-electron chi connectivity index (χ4n) is 2.68. The highest BCUT2D eigenvalue weighted by Crippen LogP contribution is 2.19. The van der Waals surface area contributed by atoms with Crippen LogP contribution >= 0.6 is 0 Å². The van der Waals surface area contributed by atoms with Gasteiger partial charge < -0.3 is 20.9 Å². The minimum atomic E-state index is -1.20. The molecule has 0 fully saturated rings. The van der Waals surface area contributed by atoms with Gasteiger partial charge in [0.2, 0.25) is 5.91 Å². The predicted octanol–water partition coefficient (Wildman–Crippen LogP) is 2.54. The van der Waals surface area contributed by atoms with Gasteiger partial charge in [0.25, 0.3) is 5.91 Å². The van der Waals surface area contributed by atoms with Crippen LogP contribution in [0.4, 0.5) is 10.5 Å². The number of nitrogens with one attached hydrogen (secondary N) is 1. The highest BCUT2D eigenvalue weighted by molar-refractivity contribution is 6.08. The van der Waals surface area contributed by atoms with Crippen LogP contribution in [0.5, 0.6) is 0 Å². The summed E-state index contributed by atoms with van der Waals surface area (Å²) in [5.41, 5.74) is 6.00. The number of nitrogens with zero attached hydrogens (tertiary/aromatic N) is 1. The second-order valence-electron chi connectivity index (χ2n) is 7.75. The van der Waals surface area contributed by atoms with Crippen LogP contribution in [-0.2, 0) is 16.1 Å². The van der Waals surface area contributed by atoms with Crippen molar-refractivity contribution in [1.29, 1.82) is 0 Å². The Labute approximate surface area is 179 Å². The standard InChI is InChI=1S/C22H25N3O6/c1-22(2,3)31-21(30)24-12-14-5-4-6-16(11-14)20(29)25(13-18(26)27)17-9-7-15(8-10-17)19(23)28/h4-11H,12-13H2,1-3H3,(H2,23,28)(H,24,30)(H,26,27). The van der Waals surface area contributed by atoms with Crippen LogP contribution in [0.25, 0.3) is 0 Å². The zero-order valence-electron chi connectivity index (χ0n) is 17.5. The van der Waals surface area contributed by atoms with E-state index in [1.807, 2.05) is 0 Å². The van der Waals surface area contributed by atoms with Gasteiger partial charge in [-0.05, 0) is 62.7 Å². The Morgan fingerprint density at radius 1 is 1.03 bits per heavy atom. The number of primary amides is 1. The number of carboxylic acid groups (broad SMARTS) is 1. The Hall–Kier alpha value is -3.88. The van der Waals surface area contributed by atoms with Crippen LogP contribution in [0.15, 0.2) is 48.5 Å². The predicted molar refractivity (Wildman–Crippen MR) is 114 cm³/mol. The lowest BCUT2D eigenvalue weighted by molar-refractivity contribution is -0.135. The van der Waals surface area contributed by atoms with Crippen LogP contribution in [0.1, 0.15) is 47.1 Å². The Morgan fingerprint density at radius 3 is 2.23 bits per heavy atom. The van der Waals surface area contributed by atoms with E-state index in [1.165, 1.54) is 24.3 Å². The largest absolute Gasteiger partial charge is 0.480 e. The number of carbonyl (C=O) groups is 4. The van der Waals surface area contributed by atoms with Gasteiger partial charge in [0.05, 0.1) is 0 Å². The third-order valence-corrected chi connectivity index (χ3v) is 4.01. The maximum Gasteiger partial charge on any atom is 0.407 e. The summed E-state index contributed by atoms with van der Waals surface area (Å²) in [7, 11) is 0. The van der Waals surface area contributed by atoms with Gasteiger partial charge in [-0.2, -0.15) is 0 Å². The number of rotatable bonds is 7. The van der Waals surface area contributed by atoms with Gasteiger partial charge >= 0.3 is 12.1 Å². The minimum absolute atomic E-state index is 0.127. The Balaban J connectivity index is 2.21. The lowest BCUT2D eigenvalue weighted by atomic mass is 10.1. The van der Waals surface area contributed by atoms with E-state index >= 15 is 0 Å². The molecule has 4 N–H and O–H groups in total. The summed E-state index contributed by atoms with van der Waals surface area (Å²) in [5, 5.41) is 11.9. The number of nitrogens with two attached hydrogens (primary N) is 1. The molecule has 31 heavy (non-hydrogen) atoms. The van der Waals surface area contributed by atoms with E-state index in [0.29, 0.717) is 11.3 Å². The summed E-state index contributed by atoms with van der Waals surface area (Å²) >= 11 is 0. The second-order valence-corrected chi connectivity index (χ2v) is 7.75. The van der Waals surface area contributed by atoms with E-state index in [9.17, 15) is 24.3 Å². The number of carbonyl (C=O) groups excluding carboxylic acids is 3. The van der Waals surface area contributed by atoms with E-state index in [-0.39, 0.29) is 17.7 Å². The van der Waals surface area contributed by atoms with Crippen molar-refractivity contribution in [2.45, 2.75) is 32.9 Å². The lowest BCUT2D eigenvalue weighted by Gasteiger charge is -2.22. The topological polar surface area (TPSA) is 139 Å². The molecule has 164 valence electrons. The van der Waals surface area contributed by atoms with Crippen LogP contribution in [-0.4, -0.2) is 41.1 Å². The summed E-state index contributed by atoms with van der Waals surface area (Å²) in [6.45, 7) is 4.80. The molecule has 0 bridgehead atoms. The van der Waals surface area contributed by atoms with Crippen molar-refractivity contribution in [1.82, 2.24) is 5.32 Å². The summed E-state index contributed by atoms with van der Waals surface area (Å²) in [6, 6.07) is 12.2. The van der Waals surface area contributed by atoms with Crippen molar-refractivity contribution in [3.8, 4) is 0 Å². The van der Waals surface area contributed by atoms with Gasteiger partial charge in [-0.15, -0.1) is 0 Å². The zero-order valence-corrected chi connectivity index (χ0v) is 17.5. The van der Waals surface area contributed by atoms with Gasteiger partial charge in [-0.25, -0.2) is 4.79 Å². The molecule has 9 heteroatoms. The van der Waals surface area contributed by atoms with Crippen LogP contribution < -0.4 is 16.0 Å². The van der Waals surface area contributed by atoms with Crippen molar-refractivity contribution in [3.05, 3.63) is 65.2 Å². The molecule has 0 spiro atoms. The number of carboxylic acids is 1. The molecular weight excluding hydrogens is 402 g/mol. The number of anilines is 1. The van der Waals surface area contributed by atoms with Crippen molar-refractivity contribution < 1.29 is 29.0 Å². The number of benzene rings is 2. The maximum atomic E-state index is 13.0. The van der Waals surface area contributed by atoms with E-state index in [1.54, 1.807) is 45.0 Å². The molecule has 0 atom stereocenters. The fourth-order valence-corrected chi connectivity index (χ4v) is 2.68. The molecule has 0 saturated carbocycles. The number of aliphatic carboxylic acids is 1. The lowest BCUT2D eigenvalue weighted by Crippen LogP contribution is -2.36. The third-order valence-electron chi connectivity index (χ3n) is 4.01. The van der Waals surface area contributed by atoms with Crippen LogP contribution in [0, 0.1) is 0 Å². The van der Waals surface area contributed by atoms with E-state index in [4.69, 9.17) is 10.5 Å². The van der Waals surface area contributed by atoms with Crippen molar-refractivity contribution in [2.75, 3.05) is 11.4 Å². The molecule has 2 aromatic rings. The first-order chi connectivity index (χ1) is 14.5. The highest BCUT2D eigenvalue weighted by Gasteiger charge is 2.21. The SMILES string of the molecule is CC(C)(C)OC(=O)NCc1cccc(C(=O)N(CC(=O)O)c2ccc(C(N)=O)cc2)c1. The zero-order chi connectivity index (χ0) is 23.2. The smallest absolute Gasteiger partial charge is 0.407 e. The fraction of sp³-hybridized carbons (Fsp3) is 0.273. The van der Waals surface area contributed by atoms with Gasteiger partial charge in [-0.1, -0.05) is 12.1 Å². The molecule has 0 aliphatic carbocycles. The van der Waals surface area contributed by atoms with Gasteiger partial charge in [0.15, 0.2) is 0 Å². The molecule has 2 aromatic carbocycles. The maximum absolute atomic E-state index is 13.0. The quantitative estimate of drug-likeness (QED) is 0.620. The molecule has 3 amide bonds. The molecule has 0 unspecified atom stereocenters.